The molecule has 1 aliphatic rings. The molecule has 5 nitrogen and oxygen atoms in total. The van der Waals surface area contributed by atoms with E-state index in [9.17, 15) is 14.7 Å². The lowest BCUT2D eigenvalue weighted by atomic mass is 9.91. The number of amides is 1. The second kappa shape index (κ2) is 7.40. The molecule has 120 valence electrons. The predicted molar refractivity (Wildman–Crippen MR) is 82.4 cm³/mol. The smallest absolute Gasteiger partial charge is 0.335 e. The van der Waals surface area contributed by atoms with Crippen molar-refractivity contribution in [2.45, 2.75) is 44.1 Å². The molecule has 1 heterocycles. The molecule has 1 aromatic rings. The van der Waals surface area contributed by atoms with Crippen LogP contribution in [0.5, 0.6) is 0 Å². The van der Waals surface area contributed by atoms with Crippen molar-refractivity contribution in [1.29, 1.82) is 0 Å². The maximum Gasteiger partial charge on any atom is 0.335 e. The molecule has 2 rings (SSSR count). The van der Waals surface area contributed by atoms with Crippen LogP contribution >= 0.6 is 0 Å². The number of hydrogen-bond donors (Lipinski definition) is 2. The molecule has 1 saturated heterocycles. The van der Waals surface area contributed by atoms with Crippen molar-refractivity contribution in [1.82, 2.24) is 4.90 Å². The number of unbranched alkanes of at least 4 members (excludes halogenated alkanes) is 1. The molecule has 0 radical (unpaired) electrons. The van der Waals surface area contributed by atoms with Crippen LogP contribution < -0.4 is 0 Å². The van der Waals surface area contributed by atoms with Gasteiger partial charge in [0.1, 0.15) is 0 Å². The van der Waals surface area contributed by atoms with Crippen LogP contribution in [0.2, 0.25) is 0 Å². The Kier molecular flexibility index (Phi) is 5.55. The van der Waals surface area contributed by atoms with Crippen LogP contribution in [-0.4, -0.2) is 45.7 Å². The van der Waals surface area contributed by atoms with Gasteiger partial charge in [0.25, 0.3) is 0 Å². The standard InChI is InChI=1S/C17H23NO4/c19-15(9-5-4-8-14-6-2-1-3-7-14)18-12-10-17(22,11-13-18)16(20)21/h1-3,6-7,22H,4-5,8-13H2,(H,20,21). The predicted octanol–water partition coefficient (Wildman–Crippen LogP) is 1.84. The van der Waals surface area contributed by atoms with E-state index in [1.54, 1.807) is 4.90 Å². The maximum absolute atomic E-state index is 12.1. The number of benzene rings is 1. The fourth-order valence-corrected chi connectivity index (χ4v) is 2.75. The number of carbonyl (C=O) groups is 2. The van der Waals surface area contributed by atoms with Crippen LogP contribution in [0.15, 0.2) is 30.3 Å². The van der Waals surface area contributed by atoms with Crippen LogP contribution in [0.1, 0.15) is 37.7 Å². The van der Waals surface area contributed by atoms with Crippen molar-refractivity contribution in [3.05, 3.63) is 35.9 Å². The summed E-state index contributed by atoms with van der Waals surface area (Å²) in [5.74, 6) is -1.14. The van der Waals surface area contributed by atoms with Crippen molar-refractivity contribution in [3.63, 3.8) is 0 Å². The zero-order valence-corrected chi connectivity index (χ0v) is 12.7. The summed E-state index contributed by atoms with van der Waals surface area (Å²) in [6, 6.07) is 10.2. The third kappa shape index (κ3) is 4.31. The van der Waals surface area contributed by atoms with Gasteiger partial charge in [-0.1, -0.05) is 30.3 Å². The van der Waals surface area contributed by atoms with Crippen LogP contribution in [-0.2, 0) is 16.0 Å². The number of aryl methyl sites for hydroxylation is 1. The average Bonchev–Trinajstić information content (AvgIpc) is 2.53. The van der Waals surface area contributed by atoms with Crippen molar-refractivity contribution >= 4 is 11.9 Å². The van der Waals surface area contributed by atoms with Gasteiger partial charge in [-0.15, -0.1) is 0 Å². The van der Waals surface area contributed by atoms with E-state index >= 15 is 0 Å². The third-order valence-corrected chi connectivity index (χ3v) is 4.29. The molecule has 22 heavy (non-hydrogen) atoms. The summed E-state index contributed by atoms with van der Waals surface area (Å²) in [6.45, 7) is 0.640. The van der Waals surface area contributed by atoms with Crippen molar-refractivity contribution in [2.24, 2.45) is 0 Å². The molecule has 0 unspecified atom stereocenters. The number of carboxylic acids is 1. The van der Waals surface area contributed by atoms with E-state index in [-0.39, 0.29) is 18.7 Å². The molecule has 1 aliphatic heterocycles. The quantitative estimate of drug-likeness (QED) is 0.786. The summed E-state index contributed by atoms with van der Waals surface area (Å²) in [5.41, 5.74) is -0.385. The second-order valence-corrected chi connectivity index (χ2v) is 5.91. The minimum absolute atomic E-state index is 0.0560. The van der Waals surface area contributed by atoms with Gasteiger partial charge in [0.15, 0.2) is 5.60 Å². The first-order valence-electron chi connectivity index (χ1n) is 7.79. The van der Waals surface area contributed by atoms with Gasteiger partial charge in [0.2, 0.25) is 5.91 Å². The highest BCUT2D eigenvalue weighted by atomic mass is 16.4. The highest BCUT2D eigenvalue weighted by Gasteiger charge is 2.40. The first-order chi connectivity index (χ1) is 10.5. The van der Waals surface area contributed by atoms with Gasteiger partial charge < -0.3 is 15.1 Å². The zero-order valence-electron chi connectivity index (χ0n) is 12.7. The largest absolute Gasteiger partial charge is 0.479 e. The lowest BCUT2D eigenvalue weighted by Gasteiger charge is -2.35. The summed E-state index contributed by atoms with van der Waals surface area (Å²) in [4.78, 5) is 24.7. The second-order valence-electron chi connectivity index (χ2n) is 5.91. The molecule has 5 heteroatoms. The SMILES string of the molecule is O=C(CCCCc1ccccc1)N1CCC(O)(C(=O)O)CC1. The Labute approximate surface area is 130 Å². The van der Waals surface area contributed by atoms with Gasteiger partial charge in [0.05, 0.1) is 0 Å². The van der Waals surface area contributed by atoms with Gasteiger partial charge in [-0.05, 0) is 24.8 Å². The number of nitrogens with zero attached hydrogens (tertiary/aromatic N) is 1. The molecule has 0 spiro atoms. The first-order valence-corrected chi connectivity index (χ1v) is 7.79. The van der Waals surface area contributed by atoms with E-state index in [1.807, 2.05) is 18.2 Å². The highest BCUT2D eigenvalue weighted by molar-refractivity contribution is 5.79. The molecule has 0 atom stereocenters. The van der Waals surface area contributed by atoms with E-state index in [1.165, 1.54) is 5.56 Å². The van der Waals surface area contributed by atoms with E-state index in [0.29, 0.717) is 19.5 Å². The fraction of sp³-hybridized carbons (Fsp3) is 0.529. The van der Waals surface area contributed by atoms with Gasteiger partial charge in [-0.3, -0.25) is 4.79 Å². The number of aliphatic hydroxyl groups is 1. The van der Waals surface area contributed by atoms with Crippen molar-refractivity contribution in [3.8, 4) is 0 Å². The van der Waals surface area contributed by atoms with Crippen LogP contribution in [0, 0.1) is 0 Å². The first kappa shape index (κ1) is 16.5. The molecule has 1 amide bonds. The van der Waals surface area contributed by atoms with Gasteiger partial charge >= 0.3 is 5.97 Å². The van der Waals surface area contributed by atoms with E-state index in [2.05, 4.69) is 12.1 Å². The van der Waals surface area contributed by atoms with Gasteiger partial charge in [-0.25, -0.2) is 4.79 Å². The molecular weight excluding hydrogens is 282 g/mol. The molecular formula is C17H23NO4. The lowest BCUT2D eigenvalue weighted by Crippen LogP contribution is -2.50. The van der Waals surface area contributed by atoms with E-state index in [0.717, 1.165) is 19.3 Å². The maximum atomic E-state index is 12.1. The van der Waals surface area contributed by atoms with Crippen LogP contribution in [0.4, 0.5) is 0 Å². The van der Waals surface area contributed by atoms with Crippen molar-refractivity contribution in [2.75, 3.05) is 13.1 Å². The van der Waals surface area contributed by atoms with Crippen molar-refractivity contribution < 1.29 is 19.8 Å². The fourth-order valence-electron chi connectivity index (χ4n) is 2.75. The number of carbonyl (C=O) groups excluding carboxylic acids is 1. The summed E-state index contributed by atoms with van der Waals surface area (Å²) in [6.07, 6.45) is 3.46. The molecule has 0 aromatic heterocycles. The molecule has 0 saturated carbocycles. The normalized spacial score (nSPS) is 17.2. The third-order valence-electron chi connectivity index (χ3n) is 4.29. The Balaban J connectivity index is 1.67. The number of aliphatic carboxylic acids is 1. The van der Waals surface area contributed by atoms with Gasteiger partial charge in [-0.2, -0.15) is 0 Å². The Morgan fingerprint density at radius 1 is 1.09 bits per heavy atom. The van der Waals surface area contributed by atoms with Gasteiger partial charge in [0, 0.05) is 32.4 Å². The van der Waals surface area contributed by atoms with Crippen LogP contribution in [0.25, 0.3) is 0 Å². The Morgan fingerprint density at radius 2 is 1.73 bits per heavy atom. The van der Waals surface area contributed by atoms with E-state index in [4.69, 9.17) is 5.11 Å². The summed E-state index contributed by atoms with van der Waals surface area (Å²) in [5, 5.41) is 18.8. The summed E-state index contributed by atoms with van der Waals surface area (Å²) < 4.78 is 0. The van der Waals surface area contributed by atoms with Crippen LogP contribution in [0.3, 0.4) is 0 Å². The monoisotopic (exact) mass is 305 g/mol. The Bertz CT molecular complexity index is 507. The van der Waals surface area contributed by atoms with E-state index < -0.39 is 11.6 Å². The molecule has 2 N–H and O–H groups in total. The molecule has 1 aromatic carbocycles. The minimum atomic E-state index is -1.66. The summed E-state index contributed by atoms with van der Waals surface area (Å²) >= 11 is 0. The number of likely N-dealkylation sites (tertiary alicyclic amines) is 1. The number of piperidine rings is 1. The number of hydrogen-bond acceptors (Lipinski definition) is 3. The number of rotatable bonds is 6. The lowest BCUT2D eigenvalue weighted by molar-refractivity contribution is -0.165. The minimum Gasteiger partial charge on any atom is -0.479 e. The topological polar surface area (TPSA) is 77.8 Å². The molecule has 0 aliphatic carbocycles. The number of carboxylic acid groups (broad SMARTS) is 1. The zero-order chi connectivity index (χ0) is 16.0. The Morgan fingerprint density at radius 3 is 2.32 bits per heavy atom. The Hall–Kier alpha value is -1.88. The molecule has 0 bridgehead atoms. The average molecular weight is 305 g/mol. The highest BCUT2D eigenvalue weighted by Crippen LogP contribution is 2.23. The summed E-state index contributed by atoms with van der Waals surface area (Å²) in [7, 11) is 0. The molecule has 1 fully saturated rings.